The Morgan fingerprint density at radius 1 is 1.62 bits per heavy atom. The minimum Gasteiger partial charge on any atom is -0.326 e. The summed E-state index contributed by atoms with van der Waals surface area (Å²) in [4.78, 5) is 15.7. The Morgan fingerprint density at radius 3 is 3.19 bits per heavy atom. The number of hydrogen-bond donors (Lipinski definition) is 2. The van der Waals surface area contributed by atoms with Gasteiger partial charge in [0.25, 0.3) is 0 Å². The largest absolute Gasteiger partial charge is 0.326 e. The Balaban J connectivity index is 1.96. The summed E-state index contributed by atoms with van der Waals surface area (Å²) in [5, 5.41) is 6.45. The topological polar surface area (TPSA) is 54.0 Å². The van der Waals surface area contributed by atoms with Crippen molar-refractivity contribution in [2.24, 2.45) is 5.92 Å². The summed E-state index contributed by atoms with van der Waals surface area (Å²) >= 11 is 5.74. The fourth-order valence-electron chi connectivity index (χ4n) is 1.80. The first-order chi connectivity index (χ1) is 7.75. The van der Waals surface area contributed by atoms with E-state index in [0.29, 0.717) is 10.8 Å². The number of hydrogen-bond acceptors (Lipinski definition) is 3. The maximum atomic E-state index is 11.9. The van der Waals surface area contributed by atoms with E-state index >= 15 is 0 Å². The molecule has 0 saturated carbocycles. The summed E-state index contributed by atoms with van der Waals surface area (Å²) in [5.41, 5.74) is 0.704. The summed E-state index contributed by atoms with van der Waals surface area (Å²) in [6, 6.07) is 3.38. The third-order valence-electron chi connectivity index (χ3n) is 2.66. The van der Waals surface area contributed by atoms with E-state index in [1.807, 2.05) is 0 Å². The minimum absolute atomic E-state index is 0.0504. The molecule has 0 spiro atoms. The third kappa shape index (κ3) is 2.93. The van der Waals surface area contributed by atoms with Gasteiger partial charge in [0.15, 0.2) is 0 Å². The Kier molecular flexibility index (Phi) is 3.74. The zero-order chi connectivity index (χ0) is 11.4. The second-order valence-corrected chi connectivity index (χ2v) is 4.29. The SMILES string of the molecule is O=C(Nc1ccnc(Cl)c1)[C@H]1CCCNC1. The molecule has 1 fully saturated rings. The van der Waals surface area contributed by atoms with E-state index in [4.69, 9.17) is 11.6 Å². The molecule has 16 heavy (non-hydrogen) atoms. The average molecular weight is 240 g/mol. The van der Waals surface area contributed by atoms with Crippen molar-refractivity contribution in [1.82, 2.24) is 10.3 Å². The summed E-state index contributed by atoms with van der Waals surface area (Å²) in [7, 11) is 0. The van der Waals surface area contributed by atoms with Crippen LogP contribution in [0.25, 0.3) is 0 Å². The molecule has 1 aliphatic rings. The van der Waals surface area contributed by atoms with Gasteiger partial charge < -0.3 is 10.6 Å². The average Bonchev–Trinajstić information content (AvgIpc) is 2.30. The monoisotopic (exact) mass is 239 g/mol. The lowest BCUT2D eigenvalue weighted by atomic mass is 9.99. The molecule has 4 nitrogen and oxygen atoms in total. The second kappa shape index (κ2) is 5.27. The number of nitrogens with one attached hydrogen (secondary N) is 2. The van der Waals surface area contributed by atoms with Crippen LogP contribution in [0, 0.1) is 5.92 Å². The summed E-state index contributed by atoms with van der Waals surface area (Å²) in [6.07, 6.45) is 3.57. The van der Waals surface area contributed by atoms with Gasteiger partial charge in [0, 0.05) is 18.4 Å². The molecule has 0 unspecified atom stereocenters. The Morgan fingerprint density at radius 2 is 2.50 bits per heavy atom. The third-order valence-corrected chi connectivity index (χ3v) is 2.87. The van der Waals surface area contributed by atoms with E-state index in [1.54, 1.807) is 18.3 Å². The van der Waals surface area contributed by atoms with Crippen molar-refractivity contribution < 1.29 is 4.79 Å². The Labute approximate surface area is 99.4 Å². The number of piperidine rings is 1. The van der Waals surface area contributed by atoms with Crippen LogP contribution in [0.2, 0.25) is 5.15 Å². The van der Waals surface area contributed by atoms with Crippen LogP contribution in [0.15, 0.2) is 18.3 Å². The molecule has 2 N–H and O–H groups in total. The number of carbonyl (C=O) groups is 1. The van der Waals surface area contributed by atoms with Crippen LogP contribution in [0.4, 0.5) is 5.69 Å². The molecule has 0 aromatic carbocycles. The molecule has 5 heteroatoms. The van der Waals surface area contributed by atoms with E-state index in [0.717, 1.165) is 25.9 Å². The quantitative estimate of drug-likeness (QED) is 0.772. The summed E-state index contributed by atoms with van der Waals surface area (Å²) in [5.74, 6) is 0.107. The zero-order valence-electron chi connectivity index (χ0n) is 8.87. The molecule has 0 aliphatic carbocycles. The standard InChI is InChI=1S/C11H14ClN3O/c12-10-6-9(3-5-14-10)15-11(16)8-2-1-4-13-7-8/h3,5-6,8,13H,1-2,4,7H2,(H,14,15,16)/t8-/m0/s1. The molecule has 1 saturated heterocycles. The maximum Gasteiger partial charge on any atom is 0.228 e. The van der Waals surface area contributed by atoms with Crippen LogP contribution >= 0.6 is 11.6 Å². The first kappa shape index (κ1) is 11.4. The lowest BCUT2D eigenvalue weighted by molar-refractivity contribution is -0.120. The number of carbonyl (C=O) groups excluding carboxylic acids is 1. The van der Waals surface area contributed by atoms with Crippen molar-refractivity contribution in [2.75, 3.05) is 18.4 Å². The van der Waals surface area contributed by atoms with Gasteiger partial charge in [0.1, 0.15) is 5.15 Å². The van der Waals surface area contributed by atoms with Crippen molar-refractivity contribution >= 4 is 23.2 Å². The van der Waals surface area contributed by atoms with Crippen molar-refractivity contribution in [3.8, 4) is 0 Å². The van der Waals surface area contributed by atoms with E-state index in [2.05, 4.69) is 15.6 Å². The molecular formula is C11H14ClN3O. The first-order valence-electron chi connectivity index (χ1n) is 5.39. The first-order valence-corrected chi connectivity index (χ1v) is 5.76. The van der Waals surface area contributed by atoms with E-state index in [1.165, 1.54) is 0 Å². The second-order valence-electron chi connectivity index (χ2n) is 3.90. The zero-order valence-corrected chi connectivity index (χ0v) is 9.63. The van der Waals surface area contributed by atoms with Crippen LogP contribution in [-0.4, -0.2) is 24.0 Å². The molecule has 86 valence electrons. The van der Waals surface area contributed by atoms with Crippen LogP contribution in [0.5, 0.6) is 0 Å². The van der Waals surface area contributed by atoms with Gasteiger partial charge in [-0.15, -0.1) is 0 Å². The van der Waals surface area contributed by atoms with E-state index < -0.39 is 0 Å². The molecule has 1 amide bonds. The van der Waals surface area contributed by atoms with Crippen LogP contribution in [0.1, 0.15) is 12.8 Å². The van der Waals surface area contributed by atoms with Gasteiger partial charge in [-0.25, -0.2) is 4.98 Å². The lowest BCUT2D eigenvalue weighted by Crippen LogP contribution is -2.37. The molecular weight excluding hydrogens is 226 g/mol. The van der Waals surface area contributed by atoms with E-state index in [-0.39, 0.29) is 11.8 Å². The van der Waals surface area contributed by atoms with Crippen molar-refractivity contribution in [1.29, 1.82) is 0 Å². The van der Waals surface area contributed by atoms with Gasteiger partial charge in [-0.05, 0) is 31.5 Å². The predicted octanol–water partition coefficient (Wildman–Crippen LogP) is 1.67. The number of anilines is 1. The lowest BCUT2D eigenvalue weighted by Gasteiger charge is -2.21. The molecule has 2 heterocycles. The fraction of sp³-hybridized carbons (Fsp3) is 0.455. The highest BCUT2D eigenvalue weighted by molar-refractivity contribution is 6.29. The van der Waals surface area contributed by atoms with Gasteiger partial charge in [-0.1, -0.05) is 11.6 Å². The van der Waals surface area contributed by atoms with Gasteiger partial charge in [0.05, 0.1) is 5.92 Å². The van der Waals surface area contributed by atoms with Crippen LogP contribution < -0.4 is 10.6 Å². The van der Waals surface area contributed by atoms with E-state index in [9.17, 15) is 4.79 Å². The van der Waals surface area contributed by atoms with Crippen LogP contribution in [-0.2, 0) is 4.79 Å². The van der Waals surface area contributed by atoms with Gasteiger partial charge in [0.2, 0.25) is 5.91 Å². The van der Waals surface area contributed by atoms with Gasteiger partial charge >= 0.3 is 0 Å². The highest BCUT2D eigenvalue weighted by Crippen LogP contribution is 2.16. The number of aromatic nitrogens is 1. The van der Waals surface area contributed by atoms with Gasteiger partial charge in [-0.3, -0.25) is 4.79 Å². The number of halogens is 1. The smallest absolute Gasteiger partial charge is 0.228 e. The van der Waals surface area contributed by atoms with Crippen molar-refractivity contribution in [3.63, 3.8) is 0 Å². The minimum atomic E-state index is 0.0504. The van der Waals surface area contributed by atoms with Crippen LogP contribution in [0.3, 0.4) is 0 Å². The highest BCUT2D eigenvalue weighted by Gasteiger charge is 2.20. The normalized spacial score (nSPS) is 20.4. The number of rotatable bonds is 2. The molecule has 0 bridgehead atoms. The molecule has 2 rings (SSSR count). The number of pyridine rings is 1. The maximum absolute atomic E-state index is 11.9. The number of amides is 1. The highest BCUT2D eigenvalue weighted by atomic mass is 35.5. The molecule has 1 aromatic heterocycles. The van der Waals surface area contributed by atoms with Gasteiger partial charge in [-0.2, -0.15) is 0 Å². The molecule has 1 aromatic rings. The molecule has 1 aliphatic heterocycles. The number of nitrogens with zero attached hydrogens (tertiary/aromatic N) is 1. The summed E-state index contributed by atoms with van der Waals surface area (Å²) in [6.45, 7) is 1.76. The van der Waals surface area contributed by atoms with Crippen molar-refractivity contribution in [3.05, 3.63) is 23.5 Å². The molecule has 1 atom stereocenters. The summed E-state index contributed by atoms with van der Waals surface area (Å²) < 4.78 is 0. The fourth-order valence-corrected chi connectivity index (χ4v) is 1.97. The predicted molar refractivity (Wildman–Crippen MR) is 63.5 cm³/mol. The Hall–Kier alpha value is -1.13. The molecule has 0 radical (unpaired) electrons. The van der Waals surface area contributed by atoms with Crippen molar-refractivity contribution in [2.45, 2.75) is 12.8 Å². The Bertz CT molecular complexity index is 377.